The van der Waals surface area contributed by atoms with Crippen LogP contribution in [-0.2, 0) is 26.5 Å². The molecular weight excluding hydrogens is 976 g/mol. The fraction of sp³-hybridized carbons (Fsp3) is 0.130. The maximum absolute atomic E-state index is 15.2. The molecule has 8 heteroatoms. The van der Waals surface area contributed by atoms with E-state index in [0.717, 1.165) is 72.4 Å². The molecule has 0 aliphatic rings. The number of para-hydroxylation sites is 2. The number of thiophene rings is 1. The molecule has 0 aliphatic heterocycles. The first-order valence-electron chi connectivity index (χ1n) is 20.7. The van der Waals surface area contributed by atoms with E-state index in [0.29, 0.717) is 16.3 Å². The first-order valence-corrected chi connectivity index (χ1v) is 25.0. The number of benzene rings is 6. The van der Waals surface area contributed by atoms with E-state index in [-0.39, 0.29) is 20.1 Å². The van der Waals surface area contributed by atoms with Crippen LogP contribution < -0.4 is 5.19 Å². The Labute approximate surface area is 381 Å². The molecule has 0 bridgehead atoms. The van der Waals surface area contributed by atoms with Crippen molar-refractivity contribution in [2.24, 2.45) is 5.92 Å². The van der Waals surface area contributed by atoms with Gasteiger partial charge < -0.3 is 9.55 Å². The van der Waals surface area contributed by atoms with Crippen LogP contribution in [0.5, 0.6) is 0 Å². The molecule has 0 N–H and O–H groups in total. The van der Waals surface area contributed by atoms with Crippen LogP contribution >= 0.6 is 11.3 Å². The fourth-order valence-corrected chi connectivity index (χ4v) is 10.7. The van der Waals surface area contributed by atoms with Gasteiger partial charge in [0, 0.05) is 42.9 Å². The molecule has 0 saturated heterocycles. The third-order valence-electron chi connectivity index (χ3n) is 10.9. The van der Waals surface area contributed by atoms with Crippen LogP contribution in [0.4, 0.5) is 4.39 Å². The normalized spacial score (nSPS) is 11.5. The molecule has 0 unspecified atom stereocenters. The third kappa shape index (κ3) is 8.74. The van der Waals surface area contributed by atoms with E-state index >= 15 is 4.39 Å². The molecule has 0 saturated carbocycles. The second-order valence-corrected chi connectivity index (χ2v) is 22.8. The standard InChI is InChI=1S/C36H21FN3S.C18H24NSi.Ir/c37-34-29(25-12-5-2-6-13-25)22-30-27-14-9-15-28(33(27)41-36(30)39-34)35-38-31-16-7-8-17-32(31)40(35)26-20-18-24(19-21-26)23-10-3-1-4-11-23;1-14(2)11-16-12-17(15-9-7-6-8-10-15)19-13-18(16)20(3,4)5;/h1-14,16-22H;6-9,12-14H,11H2,1-5H3;/q2*-1;. The molecular formula is C54H45FIrN4SSi-2. The summed E-state index contributed by atoms with van der Waals surface area (Å²) in [6.45, 7) is 11.7. The summed E-state index contributed by atoms with van der Waals surface area (Å²) in [5.41, 5.74) is 11.0. The Morgan fingerprint density at radius 1 is 0.694 bits per heavy atom. The monoisotopic (exact) mass is 1020 g/mol. The summed E-state index contributed by atoms with van der Waals surface area (Å²) in [4.78, 5) is 14.8. The van der Waals surface area contributed by atoms with Crippen molar-refractivity contribution < 1.29 is 24.5 Å². The van der Waals surface area contributed by atoms with Crippen LogP contribution in [0.3, 0.4) is 0 Å². The molecule has 0 atom stereocenters. The van der Waals surface area contributed by atoms with Crippen LogP contribution in [0.2, 0.25) is 19.6 Å². The molecule has 0 spiro atoms. The zero-order valence-electron chi connectivity index (χ0n) is 35.3. The average molecular weight is 1020 g/mol. The Morgan fingerprint density at radius 2 is 1.37 bits per heavy atom. The van der Waals surface area contributed by atoms with Gasteiger partial charge in [-0.25, -0.2) is 4.98 Å². The van der Waals surface area contributed by atoms with Crippen LogP contribution in [0.25, 0.3) is 81.9 Å². The summed E-state index contributed by atoms with van der Waals surface area (Å²) in [5, 5.41) is 3.43. The van der Waals surface area contributed by atoms with Gasteiger partial charge in [-0.1, -0.05) is 141 Å². The second kappa shape index (κ2) is 18.2. The zero-order chi connectivity index (χ0) is 42.1. The van der Waals surface area contributed by atoms with Crippen molar-refractivity contribution in [1.29, 1.82) is 0 Å². The molecule has 6 aromatic carbocycles. The Kier molecular flexibility index (Phi) is 12.6. The van der Waals surface area contributed by atoms with Gasteiger partial charge in [0.05, 0.1) is 24.9 Å². The summed E-state index contributed by atoms with van der Waals surface area (Å²) in [7, 11) is -1.34. The average Bonchev–Trinajstić information content (AvgIpc) is 3.85. The van der Waals surface area contributed by atoms with E-state index in [2.05, 4.69) is 133 Å². The van der Waals surface area contributed by atoms with E-state index in [1.54, 1.807) is 0 Å². The number of hydrogen-bond acceptors (Lipinski definition) is 4. The van der Waals surface area contributed by atoms with E-state index < -0.39 is 14.0 Å². The van der Waals surface area contributed by atoms with Crippen molar-refractivity contribution in [2.45, 2.75) is 39.9 Å². The van der Waals surface area contributed by atoms with E-state index in [9.17, 15) is 0 Å². The van der Waals surface area contributed by atoms with E-state index in [1.165, 1.54) is 27.7 Å². The van der Waals surface area contributed by atoms with Gasteiger partial charge in [0.1, 0.15) is 4.83 Å². The van der Waals surface area contributed by atoms with Crippen molar-refractivity contribution >= 4 is 55.9 Å². The van der Waals surface area contributed by atoms with Gasteiger partial charge in [-0.15, -0.1) is 54.1 Å². The Bertz CT molecular complexity index is 3120. The van der Waals surface area contributed by atoms with Crippen molar-refractivity contribution in [3.63, 3.8) is 0 Å². The molecule has 1 radical (unpaired) electrons. The topological polar surface area (TPSA) is 43.6 Å². The summed E-state index contributed by atoms with van der Waals surface area (Å²) >= 11 is 1.48. The van der Waals surface area contributed by atoms with Gasteiger partial charge in [0.15, 0.2) is 0 Å². The summed E-state index contributed by atoms with van der Waals surface area (Å²) in [6.07, 6.45) is 3.24. The first kappa shape index (κ1) is 42.8. The molecule has 62 heavy (non-hydrogen) atoms. The van der Waals surface area contributed by atoms with Crippen LogP contribution in [0.15, 0.2) is 164 Å². The third-order valence-corrected chi connectivity index (χ3v) is 14.1. The van der Waals surface area contributed by atoms with Crippen molar-refractivity contribution in [3.05, 3.63) is 188 Å². The minimum absolute atomic E-state index is 0. The van der Waals surface area contributed by atoms with Crippen LogP contribution in [0.1, 0.15) is 19.4 Å². The molecule has 4 aromatic heterocycles. The second-order valence-electron chi connectivity index (χ2n) is 16.8. The van der Waals surface area contributed by atoms with Crippen molar-refractivity contribution in [1.82, 2.24) is 19.5 Å². The summed E-state index contributed by atoms with van der Waals surface area (Å²) in [6, 6.07) is 59.6. The molecule has 0 fully saturated rings. The summed E-state index contributed by atoms with van der Waals surface area (Å²) < 4.78 is 18.4. The van der Waals surface area contributed by atoms with Crippen molar-refractivity contribution in [3.8, 4) is 50.6 Å². The van der Waals surface area contributed by atoms with Crippen LogP contribution in [0, 0.1) is 24.0 Å². The predicted molar refractivity (Wildman–Crippen MR) is 257 cm³/mol. The van der Waals surface area contributed by atoms with Crippen LogP contribution in [-0.4, -0.2) is 27.6 Å². The minimum Gasteiger partial charge on any atom is -0.333 e. The number of imidazole rings is 1. The molecule has 0 aliphatic carbocycles. The Hall–Kier alpha value is -5.89. The van der Waals surface area contributed by atoms with Crippen molar-refractivity contribution in [2.75, 3.05) is 0 Å². The Morgan fingerprint density at radius 3 is 2.06 bits per heavy atom. The summed E-state index contributed by atoms with van der Waals surface area (Å²) in [5.74, 6) is 0.992. The molecule has 4 nitrogen and oxygen atoms in total. The fourth-order valence-electron chi connectivity index (χ4n) is 8.00. The molecule has 10 rings (SSSR count). The largest absolute Gasteiger partial charge is 0.333 e. The van der Waals surface area contributed by atoms with E-state index in [4.69, 9.17) is 4.98 Å². The number of halogens is 1. The van der Waals surface area contributed by atoms with Gasteiger partial charge >= 0.3 is 0 Å². The predicted octanol–water partition coefficient (Wildman–Crippen LogP) is 14.0. The number of rotatable bonds is 8. The molecule has 10 aromatic rings. The number of aromatic nitrogens is 4. The number of nitrogens with zero attached hydrogens (tertiary/aromatic N) is 4. The maximum Gasteiger partial charge on any atom is 0.222 e. The van der Waals surface area contributed by atoms with E-state index in [1.807, 2.05) is 91.0 Å². The first-order chi connectivity index (χ1) is 29.6. The molecule has 4 heterocycles. The Balaban J connectivity index is 0.000000214. The van der Waals surface area contributed by atoms with Gasteiger partial charge in [-0.3, -0.25) is 4.98 Å². The number of pyridine rings is 2. The SMILES string of the molecule is CC(C)Cc1cc(-c2[c-]cccc2)ncc1[Si](C)(C)C.Fc1nc2sc3c(-c4nc5ccccc5n4-c4ccc(-c5ccccc5)cc4)[c-]ccc3c2cc1-c1ccccc1.[Ir]. The van der Waals surface area contributed by atoms with Gasteiger partial charge in [-0.05, 0) is 74.9 Å². The molecule has 309 valence electrons. The maximum atomic E-state index is 15.2. The minimum atomic E-state index is -1.34. The zero-order valence-corrected chi connectivity index (χ0v) is 39.5. The number of fused-ring (bicyclic) bond motifs is 4. The smallest absolute Gasteiger partial charge is 0.222 e. The molecule has 0 amide bonds. The van der Waals surface area contributed by atoms with Gasteiger partial charge in [0.2, 0.25) is 5.95 Å². The van der Waals surface area contributed by atoms with Gasteiger partial charge in [0.25, 0.3) is 0 Å². The van der Waals surface area contributed by atoms with Gasteiger partial charge in [-0.2, -0.15) is 15.7 Å². The quantitative estimate of drug-likeness (QED) is 0.0865. The number of hydrogen-bond donors (Lipinski definition) is 0.